The number of rotatable bonds is 4. The highest BCUT2D eigenvalue weighted by Gasteiger charge is 2.28. The van der Waals surface area contributed by atoms with Crippen molar-refractivity contribution in [1.29, 1.82) is 0 Å². The van der Waals surface area contributed by atoms with Crippen LogP contribution in [0.1, 0.15) is 11.6 Å². The minimum atomic E-state index is -0.259. The highest BCUT2D eigenvalue weighted by atomic mass is 79.9. The average Bonchev–Trinajstić information content (AvgIpc) is 2.71. The van der Waals surface area contributed by atoms with E-state index >= 15 is 0 Å². The molecule has 0 spiro atoms. The Morgan fingerprint density at radius 2 is 2.39 bits per heavy atom. The van der Waals surface area contributed by atoms with E-state index in [1.807, 2.05) is 4.90 Å². The summed E-state index contributed by atoms with van der Waals surface area (Å²) in [6, 6.07) is 4.60. The number of halogens is 2. The summed E-state index contributed by atoms with van der Waals surface area (Å²) >= 11 is 3.44. The van der Waals surface area contributed by atoms with Crippen LogP contribution in [0, 0.1) is 5.82 Å². The molecule has 98 valence electrons. The number of aliphatic imine (C=N–C) groups is 1. The number of nitrogens with zero attached hydrogens (tertiary/aromatic N) is 2. The summed E-state index contributed by atoms with van der Waals surface area (Å²) in [5.74, 6) is 0.221. The molecule has 0 amide bonds. The first-order valence-electron chi connectivity index (χ1n) is 5.64. The van der Waals surface area contributed by atoms with Crippen molar-refractivity contribution < 1.29 is 9.13 Å². The van der Waals surface area contributed by atoms with Crippen LogP contribution in [0.25, 0.3) is 0 Å². The molecule has 0 aliphatic carbocycles. The van der Waals surface area contributed by atoms with Gasteiger partial charge in [0.1, 0.15) is 5.82 Å². The molecule has 0 saturated carbocycles. The number of guanidine groups is 1. The Kier molecular flexibility index (Phi) is 4.19. The molecule has 4 nitrogen and oxygen atoms in total. The fraction of sp³-hybridized carbons (Fsp3) is 0.417. The third-order valence-corrected chi connectivity index (χ3v) is 3.67. The Bertz CT molecular complexity index is 467. The number of hydrogen-bond acceptors (Lipinski definition) is 4. The molecule has 1 aromatic carbocycles. The van der Waals surface area contributed by atoms with Crippen LogP contribution in [0.5, 0.6) is 0 Å². The minimum absolute atomic E-state index is 0.0368. The third-order valence-electron chi connectivity index (χ3n) is 2.95. The lowest BCUT2D eigenvalue weighted by Crippen LogP contribution is -2.38. The SMILES string of the molecule is COCCN1C(N)=NCC1c1cc(F)ccc1Br. The molecule has 1 aromatic rings. The van der Waals surface area contributed by atoms with Crippen molar-refractivity contribution in [3.63, 3.8) is 0 Å². The van der Waals surface area contributed by atoms with Crippen LogP contribution < -0.4 is 5.73 Å². The standard InChI is InChI=1S/C12H15BrFN3O/c1-18-5-4-17-11(7-16-12(17)15)9-6-8(14)2-3-10(9)13/h2-3,6,11H,4-5,7H2,1H3,(H2,15,16). The van der Waals surface area contributed by atoms with E-state index in [0.29, 0.717) is 25.7 Å². The van der Waals surface area contributed by atoms with Crippen LogP contribution in [0.2, 0.25) is 0 Å². The number of methoxy groups -OCH3 is 1. The van der Waals surface area contributed by atoms with Gasteiger partial charge in [-0.15, -0.1) is 0 Å². The van der Waals surface area contributed by atoms with Gasteiger partial charge in [-0.1, -0.05) is 15.9 Å². The first kappa shape index (κ1) is 13.3. The van der Waals surface area contributed by atoms with Gasteiger partial charge in [0, 0.05) is 18.1 Å². The van der Waals surface area contributed by atoms with Gasteiger partial charge in [-0.25, -0.2) is 4.39 Å². The van der Waals surface area contributed by atoms with Crippen LogP contribution in [-0.2, 0) is 4.74 Å². The molecule has 0 radical (unpaired) electrons. The molecule has 6 heteroatoms. The maximum absolute atomic E-state index is 13.3. The molecule has 0 fully saturated rings. The van der Waals surface area contributed by atoms with Gasteiger partial charge in [0.15, 0.2) is 5.96 Å². The van der Waals surface area contributed by atoms with Gasteiger partial charge in [-0.05, 0) is 23.8 Å². The van der Waals surface area contributed by atoms with Crippen LogP contribution in [0.3, 0.4) is 0 Å². The van der Waals surface area contributed by atoms with E-state index in [1.165, 1.54) is 12.1 Å². The molecule has 0 bridgehead atoms. The van der Waals surface area contributed by atoms with Crippen molar-refractivity contribution in [2.75, 3.05) is 26.8 Å². The largest absolute Gasteiger partial charge is 0.383 e. The van der Waals surface area contributed by atoms with Gasteiger partial charge in [-0.3, -0.25) is 4.99 Å². The van der Waals surface area contributed by atoms with Crippen molar-refractivity contribution in [3.8, 4) is 0 Å². The Labute approximate surface area is 114 Å². The lowest BCUT2D eigenvalue weighted by Gasteiger charge is -2.27. The second-order valence-corrected chi connectivity index (χ2v) is 4.92. The van der Waals surface area contributed by atoms with E-state index in [2.05, 4.69) is 20.9 Å². The lowest BCUT2D eigenvalue weighted by atomic mass is 10.1. The molecule has 1 aliphatic rings. The Morgan fingerprint density at radius 1 is 1.61 bits per heavy atom. The topological polar surface area (TPSA) is 50.9 Å². The molecule has 1 unspecified atom stereocenters. The summed E-state index contributed by atoms with van der Waals surface area (Å²) in [5, 5.41) is 0. The zero-order valence-corrected chi connectivity index (χ0v) is 11.7. The normalized spacial score (nSPS) is 19.2. The van der Waals surface area contributed by atoms with Gasteiger partial charge in [0.05, 0.1) is 19.2 Å². The summed E-state index contributed by atoms with van der Waals surface area (Å²) in [6.07, 6.45) is 0. The summed E-state index contributed by atoms with van der Waals surface area (Å²) in [7, 11) is 1.64. The van der Waals surface area contributed by atoms with Gasteiger partial charge in [0.25, 0.3) is 0 Å². The van der Waals surface area contributed by atoms with Crippen molar-refractivity contribution >= 4 is 21.9 Å². The van der Waals surface area contributed by atoms with Crippen molar-refractivity contribution in [2.45, 2.75) is 6.04 Å². The van der Waals surface area contributed by atoms with Crippen LogP contribution in [0.15, 0.2) is 27.7 Å². The van der Waals surface area contributed by atoms with Gasteiger partial charge < -0.3 is 15.4 Å². The average molecular weight is 316 g/mol. The Balaban J connectivity index is 2.24. The molecule has 2 N–H and O–H groups in total. The van der Waals surface area contributed by atoms with E-state index < -0.39 is 0 Å². The monoisotopic (exact) mass is 315 g/mol. The molecular formula is C12H15BrFN3O. The van der Waals surface area contributed by atoms with Crippen LogP contribution in [0.4, 0.5) is 4.39 Å². The quantitative estimate of drug-likeness (QED) is 0.923. The zero-order chi connectivity index (χ0) is 13.1. The lowest BCUT2D eigenvalue weighted by molar-refractivity contribution is 0.166. The van der Waals surface area contributed by atoms with Crippen molar-refractivity contribution in [3.05, 3.63) is 34.1 Å². The minimum Gasteiger partial charge on any atom is -0.383 e. The van der Waals surface area contributed by atoms with E-state index in [1.54, 1.807) is 13.2 Å². The van der Waals surface area contributed by atoms with Gasteiger partial charge in [-0.2, -0.15) is 0 Å². The maximum atomic E-state index is 13.3. The van der Waals surface area contributed by atoms with E-state index in [9.17, 15) is 4.39 Å². The fourth-order valence-electron chi connectivity index (χ4n) is 2.03. The number of nitrogens with two attached hydrogens (primary N) is 1. The smallest absolute Gasteiger partial charge is 0.192 e. The fourth-order valence-corrected chi connectivity index (χ4v) is 2.54. The molecule has 1 heterocycles. The predicted octanol–water partition coefficient (Wildman–Crippen LogP) is 1.91. The highest BCUT2D eigenvalue weighted by Crippen LogP contribution is 2.31. The summed E-state index contributed by atoms with van der Waals surface area (Å²) in [5.41, 5.74) is 6.70. The molecule has 18 heavy (non-hydrogen) atoms. The van der Waals surface area contributed by atoms with Gasteiger partial charge >= 0.3 is 0 Å². The van der Waals surface area contributed by atoms with E-state index in [0.717, 1.165) is 10.0 Å². The Morgan fingerprint density at radius 3 is 3.11 bits per heavy atom. The molecule has 0 aromatic heterocycles. The first-order valence-corrected chi connectivity index (χ1v) is 6.43. The Hall–Kier alpha value is -1.14. The predicted molar refractivity (Wildman–Crippen MR) is 71.9 cm³/mol. The second kappa shape index (κ2) is 5.67. The third kappa shape index (κ3) is 2.64. The molecule has 1 aliphatic heterocycles. The van der Waals surface area contributed by atoms with E-state index in [4.69, 9.17) is 10.5 Å². The van der Waals surface area contributed by atoms with Crippen LogP contribution >= 0.6 is 15.9 Å². The number of hydrogen-bond donors (Lipinski definition) is 1. The summed E-state index contributed by atoms with van der Waals surface area (Å²) in [6.45, 7) is 1.73. The number of benzene rings is 1. The van der Waals surface area contributed by atoms with Gasteiger partial charge in [0.2, 0.25) is 0 Å². The number of ether oxygens (including phenoxy) is 1. The second-order valence-electron chi connectivity index (χ2n) is 4.07. The maximum Gasteiger partial charge on any atom is 0.192 e. The summed E-state index contributed by atoms with van der Waals surface area (Å²) in [4.78, 5) is 6.15. The zero-order valence-electron chi connectivity index (χ0n) is 10.1. The van der Waals surface area contributed by atoms with Crippen LogP contribution in [-0.4, -0.2) is 37.7 Å². The first-order chi connectivity index (χ1) is 8.63. The van der Waals surface area contributed by atoms with Crippen molar-refractivity contribution in [1.82, 2.24) is 4.90 Å². The molecule has 0 saturated heterocycles. The molecule has 2 rings (SSSR count). The van der Waals surface area contributed by atoms with E-state index in [-0.39, 0.29) is 11.9 Å². The molecule has 1 atom stereocenters. The highest BCUT2D eigenvalue weighted by molar-refractivity contribution is 9.10. The van der Waals surface area contributed by atoms with Crippen molar-refractivity contribution in [2.24, 2.45) is 10.7 Å². The molecular weight excluding hydrogens is 301 g/mol. The summed E-state index contributed by atoms with van der Waals surface area (Å²) < 4.78 is 19.3.